The van der Waals surface area contributed by atoms with Crippen molar-refractivity contribution >= 4 is 19.1 Å². The van der Waals surface area contributed by atoms with Crippen molar-refractivity contribution in [3.05, 3.63) is 24.3 Å². The van der Waals surface area contributed by atoms with Gasteiger partial charge in [0.1, 0.15) is 0 Å². The van der Waals surface area contributed by atoms with Crippen molar-refractivity contribution in [3.8, 4) is 5.75 Å². The Labute approximate surface area is 140 Å². The van der Waals surface area contributed by atoms with Crippen LogP contribution in [0.25, 0.3) is 0 Å². The Morgan fingerprint density at radius 3 is 2.22 bits per heavy atom. The summed E-state index contributed by atoms with van der Waals surface area (Å²) in [4.78, 5) is 12.3. The van der Waals surface area contributed by atoms with Gasteiger partial charge in [-0.15, -0.1) is 0 Å². The lowest BCUT2D eigenvalue weighted by Crippen LogP contribution is -2.33. The molecule has 0 saturated heterocycles. The van der Waals surface area contributed by atoms with Gasteiger partial charge >= 0.3 is 13.8 Å². The quantitative estimate of drug-likeness (QED) is 0.527. The minimum Gasteiger partial charge on any atom is -0.489 e. The monoisotopic (exact) mass is 339 g/mol. The zero-order valence-corrected chi connectivity index (χ0v) is 15.9. The van der Waals surface area contributed by atoms with E-state index in [0.29, 0.717) is 30.2 Å². The fraction of sp³-hybridized carbons (Fsp3) is 0.611. The first-order valence-corrected chi connectivity index (χ1v) is 9.28. The smallest absolute Gasteiger partial charge is 0.398 e. The molecule has 1 rings (SSSR count). The maximum absolute atomic E-state index is 13.0. The summed E-state index contributed by atoms with van der Waals surface area (Å²) in [6, 6.07) is 7.19. The normalized spacial score (nSPS) is 12.4. The van der Waals surface area contributed by atoms with Crippen LogP contribution in [0.2, 0.25) is 0 Å². The largest absolute Gasteiger partial charge is 0.489 e. The molecule has 0 aliphatic rings. The first-order chi connectivity index (χ1) is 10.7. The molecule has 0 saturated carbocycles. The highest BCUT2D eigenvalue weighted by molar-refractivity contribution is 7.56. The molecule has 1 aromatic carbocycles. The average Bonchev–Trinajstić information content (AvgIpc) is 2.49. The molecular weight excluding hydrogens is 311 g/mol. The summed E-state index contributed by atoms with van der Waals surface area (Å²) >= 11 is 0. The van der Waals surface area contributed by atoms with Gasteiger partial charge in [0.2, 0.25) is 5.30 Å². The zero-order chi connectivity index (χ0) is 17.6. The second kappa shape index (κ2) is 8.44. The predicted octanol–water partition coefficient (Wildman–Crippen LogP) is 4.15. The van der Waals surface area contributed by atoms with Crippen molar-refractivity contribution in [3.63, 3.8) is 0 Å². The van der Waals surface area contributed by atoms with E-state index in [0.717, 1.165) is 0 Å². The number of rotatable bonds is 8. The van der Waals surface area contributed by atoms with E-state index in [1.165, 1.54) is 0 Å². The van der Waals surface area contributed by atoms with E-state index in [2.05, 4.69) is 13.8 Å². The van der Waals surface area contributed by atoms with Crippen LogP contribution >= 0.6 is 7.80 Å². The molecule has 0 N–H and O–H groups in total. The van der Waals surface area contributed by atoms with Crippen molar-refractivity contribution in [2.75, 3.05) is 13.2 Å². The number of hydrogen-bond acceptors (Lipinski definition) is 4. The lowest BCUT2D eigenvalue weighted by Gasteiger charge is -2.15. The molecule has 5 heteroatoms. The summed E-state index contributed by atoms with van der Waals surface area (Å²) in [7, 11) is -1.99. The summed E-state index contributed by atoms with van der Waals surface area (Å²) in [6.45, 7) is 12.2. The maximum Gasteiger partial charge on any atom is 0.398 e. The van der Waals surface area contributed by atoms with Gasteiger partial charge in [0.15, 0.2) is 5.75 Å². The summed E-state index contributed by atoms with van der Waals surface area (Å²) in [5.74, 6) is 0.747. The first kappa shape index (κ1) is 19.6. The molecule has 1 unspecified atom stereocenters. The zero-order valence-electron chi connectivity index (χ0n) is 15.0. The molecule has 0 spiro atoms. The number of para-hydroxylation sites is 1. The number of ether oxygens (including phenoxy) is 2. The van der Waals surface area contributed by atoms with Crippen LogP contribution in [0, 0.1) is 11.8 Å². The second-order valence-corrected chi connectivity index (χ2v) is 9.21. The average molecular weight is 339 g/mol. The van der Waals surface area contributed by atoms with Gasteiger partial charge in [0.05, 0.1) is 13.2 Å². The van der Waals surface area contributed by atoms with Gasteiger partial charge in [-0.1, -0.05) is 44.4 Å². The predicted molar refractivity (Wildman–Crippen MR) is 93.9 cm³/mol. The lowest BCUT2D eigenvalue weighted by molar-refractivity contribution is -0.146. The van der Waals surface area contributed by atoms with E-state index in [1.54, 1.807) is 32.0 Å². The molecular formula is C18H28O4P+. The summed E-state index contributed by atoms with van der Waals surface area (Å²) < 4.78 is 24.0. The third kappa shape index (κ3) is 5.62. The van der Waals surface area contributed by atoms with Gasteiger partial charge in [-0.2, -0.15) is 0 Å². The number of carbonyl (C=O) groups excluding carboxylic acids is 1. The van der Waals surface area contributed by atoms with Crippen molar-refractivity contribution in [1.29, 1.82) is 0 Å². The number of hydrogen-bond donors (Lipinski definition) is 0. The van der Waals surface area contributed by atoms with Crippen molar-refractivity contribution in [2.24, 2.45) is 11.8 Å². The molecule has 0 aromatic heterocycles. The summed E-state index contributed by atoms with van der Waals surface area (Å²) in [5, 5.41) is -0.531. The van der Waals surface area contributed by atoms with E-state index in [9.17, 15) is 9.36 Å². The van der Waals surface area contributed by atoms with E-state index in [4.69, 9.17) is 9.47 Å². The Kier molecular flexibility index (Phi) is 7.21. The van der Waals surface area contributed by atoms with Crippen molar-refractivity contribution in [2.45, 2.75) is 46.7 Å². The van der Waals surface area contributed by atoms with Gasteiger partial charge < -0.3 is 9.47 Å². The SMILES string of the molecule is CC(C)COC(=O)C(C)(C)[P+](=O)c1ccccc1OCC(C)C. The number of benzene rings is 1. The summed E-state index contributed by atoms with van der Waals surface area (Å²) in [6.07, 6.45) is 0. The Bertz CT molecular complexity index is 550. The molecule has 23 heavy (non-hydrogen) atoms. The molecule has 0 radical (unpaired) electrons. The Morgan fingerprint density at radius 1 is 1.09 bits per heavy atom. The Balaban J connectivity index is 2.96. The molecule has 1 atom stereocenters. The highest BCUT2D eigenvalue weighted by Gasteiger charge is 2.51. The first-order valence-electron chi connectivity index (χ1n) is 8.02. The minimum absolute atomic E-state index is 0.245. The van der Waals surface area contributed by atoms with Crippen molar-refractivity contribution in [1.82, 2.24) is 0 Å². The molecule has 0 fully saturated rings. The molecule has 4 nitrogen and oxygen atoms in total. The van der Waals surface area contributed by atoms with Gasteiger partial charge in [-0.25, -0.2) is 4.79 Å². The van der Waals surface area contributed by atoms with Crippen LogP contribution in [0.5, 0.6) is 5.75 Å². The number of esters is 1. The molecule has 1 aromatic rings. The third-order valence-corrected chi connectivity index (χ3v) is 5.22. The lowest BCUT2D eigenvalue weighted by atomic mass is 10.2. The van der Waals surface area contributed by atoms with Crippen LogP contribution < -0.4 is 10.0 Å². The Morgan fingerprint density at radius 2 is 1.65 bits per heavy atom. The highest BCUT2D eigenvalue weighted by atomic mass is 31.1. The van der Waals surface area contributed by atoms with Gasteiger partial charge in [0, 0.05) is 0 Å². The topological polar surface area (TPSA) is 52.6 Å². The number of carbonyl (C=O) groups is 1. The van der Waals surface area contributed by atoms with Crippen molar-refractivity contribution < 1.29 is 18.8 Å². The van der Waals surface area contributed by atoms with Gasteiger partial charge in [-0.05, 0) is 37.8 Å². The summed E-state index contributed by atoms with van der Waals surface area (Å²) in [5.41, 5.74) is 0. The van der Waals surface area contributed by atoms with E-state index >= 15 is 0 Å². The molecule has 0 bridgehead atoms. The van der Waals surface area contributed by atoms with Crippen LogP contribution in [0.4, 0.5) is 0 Å². The highest BCUT2D eigenvalue weighted by Crippen LogP contribution is 2.41. The molecule has 0 aliphatic carbocycles. The van der Waals surface area contributed by atoms with Crippen LogP contribution in [-0.2, 0) is 14.1 Å². The van der Waals surface area contributed by atoms with Crippen LogP contribution in [0.1, 0.15) is 41.5 Å². The van der Waals surface area contributed by atoms with E-state index in [1.807, 2.05) is 19.9 Å². The fourth-order valence-electron chi connectivity index (χ4n) is 1.81. The van der Waals surface area contributed by atoms with Crippen LogP contribution in [0.15, 0.2) is 24.3 Å². The van der Waals surface area contributed by atoms with Gasteiger partial charge in [0.25, 0.3) is 5.16 Å². The van der Waals surface area contributed by atoms with E-state index in [-0.39, 0.29) is 5.92 Å². The van der Waals surface area contributed by atoms with E-state index < -0.39 is 18.9 Å². The fourth-order valence-corrected chi connectivity index (χ4v) is 3.20. The molecule has 0 amide bonds. The van der Waals surface area contributed by atoms with Crippen LogP contribution in [-0.4, -0.2) is 24.3 Å². The standard InChI is InChI=1S/C18H28O4P/c1-13(2)11-21-15-9-7-8-10-16(15)23(20)18(5,6)17(19)22-12-14(3)4/h7-10,13-14H,11-12H2,1-6H3/q+1. The van der Waals surface area contributed by atoms with Crippen LogP contribution in [0.3, 0.4) is 0 Å². The Hall–Kier alpha value is -1.41. The maximum atomic E-state index is 13.0. The molecule has 0 heterocycles. The minimum atomic E-state index is -1.99. The second-order valence-electron chi connectivity index (χ2n) is 7.02. The van der Waals surface area contributed by atoms with Gasteiger partial charge in [-0.3, -0.25) is 0 Å². The molecule has 128 valence electrons. The third-order valence-electron chi connectivity index (χ3n) is 3.21. The molecule has 0 aliphatic heterocycles.